The maximum atomic E-state index is 12.2. The number of hydrogen-bond acceptors (Lipinski definition) is 4. The van der Waals surface area contributed by atoms with Crippen molar-refractivity contribution in [2.45, 2.75) is 40.3 Å². The Labute approximate surface area is 127 Å². The van der Waals surface area contributed by atoms with E-state index in [1.54, 1.807) is 18.0 Å². The molecule has 1 aromatic rings. The first-order chi connectivity index (χ1) is 9.46. The van der Waals surface area contributed by atoms with Crippen molar-refractivity contribution < 1.29 is 4.79 Å². The van der Waals surface area contributed by atoms with Gasteiger partial charge in [-0.15, -0.1) is 0 Å². The van der Waals surface area contributed by atoms with E-state index in [-0.39, 0.29) is 11.5 Å². The summed E-state index contributed by atoms with van der Waals surface area (Å²) in [7, 11) is 0. The van der Waals surface area contributed by atoms with Gasteiger partial charge < -0.3 is 10.2 Å². The Morgan fingerprint density at radius 2 is 2.05 bits per heavy atom. The SMILES string of the molecule is CCN(CC)C(=O)C(C)Nc1cnn(CC)c(=O)c1Br. The van der Waals surface area contributed by atoms with E-state index >= 15 is 0 Å². The van der Waals surface area contributed by atoms with Gasteiger partial charge in [0.05, 0.1) is 11.9 Å². The summed E-state index contributed by atoms with van der Waals surface area (Å²) in [4.78, 5) is 25.9. The van der Waals surface area contributed by atoms with E-state index in [1.165, 1.54) is 4.68 Å². The van der Waals surface area contributed by atoms with Gasteiger partial charge in [-0.05, 0) is 43.6 Å². The molecule has 1 atom stereocenters. The number of halogens is 1. The average Bonchev–Trinajstić information content (AvgIpc) is 2.45. The molecule has 1 amide bonds. The van der Waals surface area contributed by atoms with Gasteiger partial charge >= 0.3 is 0 Å². The van der Waals surface area contributed by atoms with Crippen LogP contribution in [0.4, 0.5) is 5.69 Å². The van der Waals surface area contributed by atoms with Crippen LogP contribution in [0.5, 0.6) is 0 Å². The topological polar surface area (TPSA) is 67.2 Å². The molecular formula is C13H21BrN4O2. The largest absolute Gasteiger partial charge is 0.372 e. The molecule has 0 spiro atoms. The molecule has 0 bridgehead atoms. The zero-order valence-corrected chi connectivity index (χ0v) is 13.9. The Kier molecular flexibility index (Phi) is 6.19. The number of rotatable bonds is 6. The van der Waals surface area contributed by atoms with Crippen molar-refractivity contribution in [2.24, 2.45) is 0 Å². The van der Waals surface area contributed by atoms with Gasteiger partial charge in [0.15, 0.2) is 0 Å². The number of aryl methyl sites for hydroxylation is 1. The molecule has 0 saturated carbocycles. The molecule has 1 N–H and O–H groups in total. The van der Waals surface area contributed by atoms with E-state index in [1.807, 2.05) is 20.8 Å². The Morgan fingerprint density at radius 3 is 2.55 bits per heavy atom. The molecule has 0 fully saturated rings. The summed E-state index contributed by atoms with van der Waals surface area (Å²) in [6, 6.07) is -0.412. The first-order valence-electron chi connectivity index (χ1n) is 6.77. The molecule has 0 aliphatic heterocycles. The van der Waals surface area contributed by atoms with Gasteiger partial charge in [-0.3, -0.25) is 9.59 Å². The Morgan fingerprint density at radius 1 is 1.45 bits per heavy atom. The molecule has 0 radical (unpaired) electrons. The van der Waals surface area contributed by atoms with Gasteiger partial charge in [-0.1, -0.05) is 0 Å². The summed E-state index contributed by atoms with van der Waals surface area (Å²) in [6.07, 6.45) is 1.56. The Balaban J connectivity index is 2.91. The van der Waals surface area contributed by atoms with Crippen LogP contribution < -0.4 is 10.9 Å². The number of hydrogen-bond donors (Lipinski definition) is 1. The van der Waals surface area contributed by atoms with Gasteiger partial charge in [0, 0.05) is 19.6 Å². The highest BCUT2D eigenvalue weighted by Crippen LogP contribution is 2.17. The van der Waals surface area contributed by atoms with Crippen molar-refractivity contribution in [1.82, 2.24) is 14.7 Å². The van der Waals surface area contributed by atoms with E-state index in [4.69, 9.17) is 0 Å². The maximum Gasteiger partial charge on any atom is 0.283 e. The van der Waals surface area contributed by atoms with Crippen LogP contribution in [0, 0.1) is 0 Å². The highest BCUT2D eigenvalue weighted by molar-refractivity contribution is 9.10. The minimum absolute atomic E-state index is 0.00145. The zero-order chi connectivity index (χ0) is 15.3. The van der Waals surface area contributed by atoms with E-state index < -0.39 is 6.04 Å². The minimum Gasteiger partial charge on any atom is -0.372 e. The molecule has 1 rings (SSSR count). The van der Waals surface area contributed by atoms with Crippen LogP contribution >= 0.6 is 15.9 Å². The summed E-state index contributed by atoms with van der Waals surface area (Å²) in [6.45, 7) is 9.34. The Bertz CT molecular complexity index is 526. The smallest absolute Gasteiger partial charge is 0.283 e. The molecule has 1 heterocycles. The lowest BCUT2D eigenvalue weighted by molar-refractivity contribution is -0.131. The molecular weight excluding hydrogens is 324 g/mol. The first-order valence-corrected chi connectivity index (χ1v) is 7.56. The monoisotopic (exact) mass is 344 g/mol. The molecule has 20 heavy (non-hydrogen) atoms. The molecule has 0 saturated heterocycles. The third-order valence-electron chi connectivity index (χ3n) is 3.10. The maximum absolute atomic E-state index is 12.2. The number of nitrogens with zero attached hydrogens (tertiary/aromatic N) is 3. The van der Waals surface area contributed by atoms with Crippen molar-refractivity contribution in [3.8, 4) is 0 Å². The third kappa shape index (κ3) is 3.59. The number of nitrogens with one attached hydrogen (secondary N) is 1. The number of carbonyl (C=O) groups excluding carboxylic acids is 1. The number of carbonyl (C=O) groups is 1. The number of amides is 1. The van der Waals surface area contributed by atoms with E-state index in [9.17, 15) is 9.59 Å². The predicted octanol–water partition coefficient (Wildman–Crippen LogP) is 1.69. The lowest BCUT2D eigenvalue weighted by Gasteiger charge is -2.24. The van der Waals surface area contributed by atoms with Crippen LogP contribution in [0.15, 0.2) is 15.5 Å². The predicted molar refractivity (Wildman–Crippen MR) is 82.9 cm³/mol. The van der Waals surface area contributed by atoms with Gasteiger partial charge in [-0.2, -0.15) is 5.10 Å². The molecule has 0 aliphatic carbocycles. The van der Waals surface area contributed by atoms with E-state index in [0.717, 1.165) is 0 Å². The van der Waals surface area contributed by atoms with Crippen LogP contribution in [-0.4, -0.2) is 39.7 Å². The van der Waals surface area contributed by atoms with Crippen LogP contribution in [0.2, 0.25) is 0 Å². The van der Waals surface area contributed by atoms with Crippen LogP contribution in [0.25, 0.3) is 0 Å². The van der Waals surface area contributed by atoms with Crippen LogP contribution in [0.3, 0.4) is 0 Å². The number of anilines is 1. The standard InChI is InChI=1S/C13H21BrN4O2/c1-5-17(6-2)12(19)9(4)16-10-8-15-18(7-3)13(20)11(10)14/h8-9,16H,5-7H2,1-4H3. The second-order valence-corrected chi connectivity index (χ2v) is 5.16. The highest BCUT2D eigenvalue weighted by Gasteiger charge is 2.19. The van der Waals surface area contributed by atoms with Gasteiger partial charge in [0.2, 0.25) is 5.91 Å². The quantitative estimate of drug-likeness (QED) is 0.852. The van der Waals surface area contributed by atoms with E-state index in [0.29, 0.717) is 29.8 Å². The second-order valence-electron chi connectivity index (χ2n) is 4.37. The molecule has 6 nitrogen and oxygen atoms in total. The van der Waals surface area contributed by atoms with Crippen molar-refractivity contribution in [3.63, 3.8) is 0 Å². The average molecular weight is 345 g/mol. The minimum atomic E-state index is -0.412. The van der Waals surface area contributed by atoms with Crippen molar-refractivity contribution in [2.75, 3.05) is 18.4 Å². The summed E-state index contributed by atoms with van der Waals surface area (Å²) in [5, 5.41) is 7.08. The fourth-order valence-corrected chi connectivity index (χ4v) is 2.32. The first kappa shape index (κ1) is 16.7. The molecule has 0 aliphatic rings. The van der Waals surface area contributed by atoms with Gasteiger partial charge in [0.25, 0.3) is 5.56 Å². The Hall–Kier alpha value is -1.37. The summed E-state index contributed by atoms with van der Waals surface area (Å²) in [5.74, 6) is 0.00145. The molecule has 0 aromatic carbocycles. The lowest BCUT2D eigenvalue weighted by Crippen LogP contribution is -2.41. The molecule has 1 aromatic heterocycles. The van der Waals surface area contributed by atoms with E-state index in [2.05, 4.69) is 26.3 Å². The number of likely N-dealkylation sites (N-methyl/N-ethyl adjacent to an activating group) is 1. The number of aromatic nitrogens is 2. The van der Waals surface area contributed by atoms with Crippen LogP contribution in [-0.2, 0) is 11.3 Å². The van der Waals surface area contributed by atoms with Crippen molar-refractivity contribution in [3.05, 3.63) is 21.0 Å². The fourth-order valence-electron chi connectivity index (χ4n) is 1.90. The summed E-state index contributed by atoms with van der Waals surface area (Å²) in [5.41, 5.74) is 0.327. The molecule has 1 unspecified atom stereocenters. The lowest BCUT2D eigenvalue weighted by atomic mass is 10.2. The highest BCUT2D eigenvalue weighted by atomic mass is 79.9. The molecule has 112 valence electrons. The van der Waals surface area contributed by atoms with Gasteiger partial charge in [-0.25, -0.2) is 4.68 Å². The fraction of sp³-hybridized carbons (Fsp3) is 0.615. The zero-order valence-electron chi connectivity index (χ0n) is 12.3. The summed E-state index contributed by atoms with van der Waals surface area (Å²) < 4.78 is 1.75. The second kappa shape index (κ2) is 7.42. The van der Waals surface area contributed by atoms with Crippen molar-refractivity contribution in [1.29, 1.82) is 0 Å². The summed E-state index contributed by atoms with van der Waals surface area (Å²) >= 11 is 3.26. The van der Waals surface area contributed by atoms with Gasteiger partial charge in [0.1, 0.15) is 10.5 Å². The normalized spacial score (nSPS) is 12.1. The van der Waals surface area contributed by atoms with Crippen molar-refractivity contribution >= 4 is 27.5 Å². The molecule has 7 heteroatoms. The third-order valence-corrected chi connectivity index (χ3v) is 3.87. The van der Waals surface area contributed by atoms with Crippen LogP contribution in [0.1, 0.15) is 27.7 Å².